The molecule has 0 bridgehead atoms. The molecule has 19 heavy (non-hydrogen) atoms. The minimum Gasteiger partial charge on any atom is -0.399 e. The van der Waals surface area contributed by atoms with Crippen molar-refractivity contribution in [1.29, 1.82) is 0 Å². The van der Waals surface area contributed by atoms with Crippen molar-refractivity contribution in [3.63, 3.8) is 0 Å². The maximum Gasteiger partial charge on any atom is 0.321 e. The van der Waals surface area contributed by atoms with E-state index in [0.29, 0.717) is 11.7 Å². The van der Waals surface area contributed by atoms with E-state index in [-0.39, 0.29) is 6.03 Å². The van der Waals surface area contributed by atoms with Crippen LogP contribution in [0.25, 0.3) is 0 Å². The van der Waals surface area contributed by atoms with Gasteiger partial charge in [0.15, 0.2) is 0 Å². The summed E-state index contributed by atoms with van der Waals surface area (Å²) in [6.45, 7) is 0. The van der Waals surface area contributed by atoms with E-state index >= 15 is 0 Å². The van der Waals surface area contributed by atoms with Crippen LogP contribution in [0.3, 0.4) is 0 Å². The normalized spacial score (nSPS) is 16.7. The van der Waals surface area contributed by atoms with Gasteiger partial charge in [0.1, 0.15) is 0 Å². The SMILES string of the molecule is CN(C(=O)Nc1ccc(N)cc1)C1CCCCCC1. The number of carbonyl (C=O) groups is 1. The van der Waals surface area contributed by atoms with Crippen molar-refractivity contribution in [2.24, 2.45) is 0 Å². The van der Waals surface area contributed by atoms with E-state index < -0.39 is 0 Å². The van der Waals surface area contributed by atoms with Crippen LogP contribution in [0, 0.1) is 0 Å². The van der Waals surface area contributed by atoms with Gasteiger partial charge in [-0.2, -0.15) is 0 Å². The van der Waals surface area contributed by atoms with Gasteiger partial charge in [0.25, 0.3) is 0 Å². The van der Waals surface area contributed by atoms with Crippen LogP contribution in [0.15, 0.2) is 24.3 Å². The molecule has 1 aliphatic rings. The molecule has 2 rings (SSSR count). The lowest BCUT2D eigenvalue weighted by Crippen LogP contribution is -2.39. The molecule has 1 fully saturated rings. The lowest BCUT2D eigenvalue weighted by Gasteiger charge is -2.27. The molecular formula is C15H23N3O. The highest BCUT2D eigenvalue weighted by Crippen LogP contribution is 2.21. The summed E-state index contributed by atoms with van der Waals surface area (Å²) >= 11 is 0. The van der Waals surface area contributed by atoms with Gasteiger partial charge in [-0.25, -0.2) is 4.79 Å². The Bertz CT molecular complexity index is 408. The number of benzene rings is 1. The summed E-state index contributed by atoms with van der Waals surface area (Å²) in [5.74, 6) is 0. The standard InChI is InChI=1S/C15H23N3O/c1-18(14-6-4-2-3-5-7-14)15(19)17-13-10-8-12(16)9-11-13/h8-11,14H,2-7,16H2,1H3,(H,17,19). The molecule has 0 atom stereocenters. The molecule has 1 saturated carbocycles. The molecule has 1 aliphatic carbocycles. The van der Waals surface area contributed by atoms with Crippen molar-refractivity contribution < 1.29 is 4.79 Å². The Balaban J connectivity index is 1.92. The van der Waals surface area contributed by atoms with Crippen LogP contribution in [-0.4, -0.2) is 24.0 Å². The predicted octanol–water partition coefficient (Wildman–Crippen LogP) is 3.46. The van der Waals surface area contributed by atoms with Gasteiger partial charge in [-0.15, -0.1) is 0 Å². The number of anilines is 2. The Hall–Kier alpha value is -1.71. The third kappa shape index (κ3) is 3.88. The second-order valence-electron chi connectivity index (χ2n) is 5.31. The molecule has 4 heteroatoms. The van der Waals surface area contributed by atoms with Gasteiger partial charge in [-0.05, 0) is 37.1 Å². The number of nitrogens with zero attached hydrogens (tertiary/aromatic N) is 1. The topological polar surface area (TPSA) is 58.4 Å². The van der Waals surface area contributed by atoms with Gasteiger partial charge < -0.3 is 16.0 Å². The van der Waals surface area contributed by atoms with Crippen molar-refractivity contribution in [1.82, 2.24) is 4.90 Å². The van der Waals surface area contributed by atoms with E-state index in [2.05, 4.69) is 5.32 Å². The number of rotatable bonds is 2. The largest absolute Gasteiger partial charge is 0.399 e. The van der Waals surface area contributed by atoms with Crippen molar-refractivity contribution in [2.45, 2.75) is 44.6 Å². The van der Waals surface area contributed by atoms with E-state index in [1.165, 1.54) is 25.7 Å². The molecule has 0 heterocycles. The maximum absolute atomic E-state index is 12.2. The number of carbonyl (C=O) groups excluding carboxylic acids is 1. The highest BCUT2D eigenvalue weighted by Gasteiger charge is 2.20. The van der Waals surface area contributed by atoms with Gasteiger partial charge in [0, 0.05) is 24.5 Å². The first-order chi connectivity index (χ1) is 9.16. The highest BCUT2D eigenvalue weighted by atomic mass is 16.2. The zero-order valence-electron chi connectivity index (χ0n) is 11.6. The number of nitrogens with one attached hydrogen (secondary N) is 1. The molecule has 4 nitrogen and oxygen atoms in total. The summed E-state index contributed by atoms with van der Waals surface area (Å²) < 4.78 is 0. The van der Waals surface area contributed by atoms with Crippen LogP contribution in [0.1, 0.15) is 38.5 Å². The highest BCUT2D eigenvalue weighted by molar-refractivity contribution is 5.89. The van der Waals surface area contributed by atoms with Crippen molar-refractivity contribution in [3.05, 3.63) is 24.3 Å². The summed E-state index contributed by atoms with van der Waals surface area (Å²) in [5, 5.41) is 2.92. The summed E-state index contributed by atoms with van der Waals surface area (Å²) in [4.78, 5) is 14.0. The summed E-state index contributed by atoms with van der Waals surface area (Å²) in [6, 6.07) is 7.58. The number of hydrogen-bond donors (Lipinski definition) is 2. The summed E-state index contributed by atoms with van der Waals surface area (Å²) in [5.41, 5.74) is 7.12. The lowest BCUT2D eigenvalue weighted by molar-refractivity contribution is 0.197. The zero-order chi connectivity index (χ0) is 13.7. The van der Waals surface area contributed by atoms with Crippen LogP contribution in [0.2, 0.25) is 0 Å². The second kappa shape index (κ2) is 6.45. The number of hydrogen-bond acceptors (Lipinski definition) is 2. The predicted molar refractivity (Wildman–Crippen MR) is 79.1 cm³/mol. The Labute approximate surface area is 115 Å². The Morgan fingerprint density at radius 3 is 2.32 bits per heavy atom. The van der Waals surface area contributed by atoms with Crippen molar-refractivity contribution in [2.75, 3.05) is 18.1 Å². The molecular weight excluding hydrogens is 238 g/mol. The molecule has 0 saturated heterocycles. The molecule has 3 N–H and O–H groups in total. The fraction of sp³-hybridized carbons (Fsp3) is 0.533. The fourth-order valence-electron chi connectivity index (χ4n) is 2.59. The second-order valence-corrected chi connectivity index (χ2v) is 5.31. The number of nitrogens with two attached hydrogens (primary N) is 1. The number of urea groups is 1. The molecule has 0 unspecified atom stereocenters. The van der Waals surface area contributed by atoms with Crippen molar-refractivity contribution in [3.8, 4) is 0 Å². The average molecular weight is 261 g/mol. The van der Waals surface area contributed by atoms with Crippen LogP contribution in [0.4, 0.5) is 16.2 Å². The Kier molecular flexibility index (Phi) is 4.66. The number of amides is 2. The van der Waals surface area contributed by atoms with Gasteiger partial charge in [0.05, 0.1) is 0 Å². The molecule has 1 aromatic carbocycles. The van der Waals surface area contributed by atoms with E-state index in [9.17, 15) is 4.79 Å². The maximum atomic E-state index is 12.2. The zero-order valence-corrected chi connectivity index (χ0v) is 11.6. The minimum atomic E-state index is -0.0309. The quantitative estimate of drug-likeness (QED) is 0.632. The van der Waals surface area contributed by atoms with E-state index in [0.717, 1.165) is 18.5 Å². The van der Waals surface area contributed by atoms with Crippen LogP contribution >= 0.6 is 0 Å². The fourth-order valence-corrected chi connectivity index (χ4v) is 2.59. The van der Waals surface area contributed by atoms with E-state index in [1.54, 1.807) is 12.1 Å². The van der Waals surface area contributed by atoms with Gasteiger partial charge in [-0.3, -0.25) is 0 Å². The Morgan fingerprint density at radius 1 is 1.16 bits per heavy atom. The van der Waals surface area contributed by atoms with Gasteiger partial charge in [0.2, 0.25) is 0 Å². The lowest BCUT2D eigenvalue weighted by atomic mass is 10.1. The molecule has 0 aromatic heterocycles. The van der Waals surface area contributed by atoms with Gasteiger partial charge in [-0.1, -0.05) is 25.7 Å². The van der Waals surface area contributed by atoms with Crippen LogP contribution in [0.5, 0.6) is 0 Å². The number of nitrogen functional groups attached to an aromatic ring is 1. The third-order valence-corrected chi connectivity index (χ3v) is 3.85. The van der Waals surface area contributed by atoms with Crippen molar-refractivity contribution >= 4 is 17.4 Å². The summed E-state index contributed by atoms with van der Waals surface area (Å²) in [6.07, 6.45) is 7.28. The van der Waals surface area contributed by atoms with Crippen LogP contribution < -0.4 is 11.1 Å². The monoisotopic (exact) mass is 261 g/mol. The molecule has 104 valence electrons. The van der Waals surface area contributed by atoms with E-state index in [1.807, 2.05) is 24.1 Å². The van der Waals surface area contributed by atoms with Gasteiger partial charge >= 0.3 is 6.03 Å². The Morgan fingerprint density at radius 2 is 1.74 bits per heavy atom. The molecule has 0 aliphatic heterocycles. The molecule has 2 amide bonds. The minimum absolute atomic E-state index is 0.0309. The average Bonchev–Trinajstić information content (AvgIpc) is 2.69. The first-order valence-corrected chi connectivity index (χ1v) is 7.06. The first kappa shape index (κ1) is 13.7. The third-order valence-electron chi connectivity index (χ3n) is 3.85. The molecule has 1 aromatic rings. The smallest absolute Gasteiger partial charge is 0.321 e. The summed E-state index contributed by atoms with van der Waals surface area (Å²) in [7, 11) is 1.89. The molecule has 0 spiro atoms. The first-order valence-electron chi connectivity index (χ1n) is 7.06. The van der Waals surface area contributed by atoms with E-state index in [4.69, 9.17) is 5.73 Å². The molecule has 0 radical (unpaired) electrons. The van der Waals surface area contributed by atoms with Crippen LogP contribution in [-0.2, 0) is 0 Å².